The highest BCUT2D eigenvalue weighted by Crippen LogP contribution is 2.20. The summed E-state index contributed by atoms with van der Waals surface area (Å²) in [5.74, 6) is 0.163. The van der Waals surface area contributed by atoms with Gasteiger partial charge in [-0.15, -0.1) is 0 Å². The Balaban J connectivity index is 2.32. The summed E-state index contributed by atoms with van der Waals surface area (Å²) in [6.45, 7) is 0.930. The summed E-state index contributed by atoms with van der Waals surface area (Å²) in [5, 5.41) is 11.9. The van der Waals surface area contributed by atoms with Crippen LogP contribution in [0, 0.1) is 0 Å². The summed E-state index contributed by atoms with van der Waals surface area (Å²) in [7, 11) is 1.54. The highest BCUT2D eigenvalue weighted by molar-refractivity contribution is 7.98. The number of carbonyl (C=O) groups excluding carboxylic acids is 1. The highest BCUT2D eigenvalue weighted by Gasteiger charge is 2.39. The van der Waals surface area contributed by atoms with E-state index in [0.717, 1.165) is 25.0 Å². The molecule has 0 radical (unpaired) electrons. The molecule has 1 aliphatic heterocycles. The maximum absolute atomic E-state index is 12.0. The van der Waals surface area contributed by atoms with Crippen molar-refractivity contribution in [3.05, 3.63) is 0 Å². The Morgan fingerprint density at radius 1 is 1.40 bits per heavy atom. The molecule has 0 bridgehead atoms. The molecule has 1 saturated heterocycles. The standard InChI is InChI=1S/C13H24N2O4S/c1-19-10-8-11(12(16)17)15(9-10)13(18)14-6-4-3-5-7-20-2/h10-11H,3-9H2,1-2H3,(H,14,18)(H,16,17). The lowest BCUT2D eigenvalue weighted by molar-refractivity contribution is -0.141. The van der Waals surface area contributed by atoms with Gasteiger partial charge < -0.3 is 20.1 Å². The van der Waals surface area contributed by atoms with Crippen molar-refractivity contribution < 1.29 is 19.4 Å². The van der Waals surface area contributed by atoms with E-state index in [9.17, 15) is 9.59 Å². The number of ether oxygens (including phenoxy) is 1. The molecule has 1 heterocycles. The SMILES string of the molecule is COC1CC(C(=O)O)N(C(=O)NCCCCCSC)C1. The molecule has 2 atom stereocenters. The second kappa shape index (κ2) is 9.07. The Morgan fingerprint density at radius 3 is 2.75 bits per heavy atom. The molecule has 2 unspecified atom stereocenters. The van der Waals surface area contributed by atoms with E-state index in [1.165, 1.54) is 12.0 Å². The van der Waals surface area contributed by atoms with Crippen LogP contribution < -0.4 is 5.32 Å². The fourth-order valence-corrected chi connectivity index (χ4v) is 2.76. The molecule has 0 aromatic heterocycles. The van der Waals surface area contributed by atoms with E-state index >= 15 is 0 Å². The smallest absolute Gasteiger partial charge is 0.326 e. The number of aliphatic carboxylic acids is 1. The largest absolute Gasteiger partial charge is 0.480 e. The van der Waals surface area contributed by atoms with E-state index < -0.39 is 12.0 Å². The van der Waals surface area contributed by atoms with Gasteiger partial charge >= 0.3 is 12.0 Å². The average Bonchev–Trinajstić information content (AvgIpc) is 2.87. The predicted molar refractivity (Wildman–Crippen MR) is 79.2 cm³/mol. The molecule has 116 valence electrons. The fraction of sp³-hybridized carbons (Fsp3) is 0.846. The Morgan fingerprint density at radius 2 is 2.15 bits per heavy atom. The quantitative estimate of drug-likeness (QED) is 0.663. The minimum Gasteiger partial charge on any atom is -0.480 e. The number of rotatable bonds is 8. The molecule has 7 heteroatoms. The van der Waals surface area contributed by atoms with Crippen LogP contribution in [0.5, 0.6) is 0 Å². The van der Waals surface area contributed by atoms with Gasteiger partial charge in [0.2, 0.25) is 0 Å². The lowest BCUT2D eigenvalue weighted by Gasteiger charge is -2.21. The maximum atomic E-state index is 12.0. The van der Waals surface area contributed by atoms with Crippen LogP contribution in [0.4, 0.5) is 4.79 Å². The summed E-state index contributed by atoms with van der Waals surface area (Å²) in [6.07, 6.45) is 5.38. The van der Waals surface area contributed by atoms with Crippen LogP contribution in [0.1, 0.15) is 25.7 Å². The summed E-state index contributed by atoms with van der Waals surface area (Å²) in [6, 6.07) is -1.08. The summed E-state index contributed by atoms with van der Waals surface area (Å²) >= 11 is 1.82. The van der Waals surface area contributed by atoms with Crippen LogP contribution in [0.2, 0.25) is 0 Å². The molecule has 0 spiro atoms. The number of carboxylic acids is 1. The molecule has 2 amide bonds. The molecule has 1 fully saturated rings. The second-order valence-electron chi connectivity index (χ2n) is 4.89. The van der Waals surface area contributed by atoms with E-state index in [4.69, 9.17) is 9.84 Å². The number of unbranched alkanes of at least 4 members (excludes halogenated alkanes) is 2. The number of carboxylic acid groups (broad SMARTS) is 1. The molecule has 1 aliphatic rings. The first-order valence-corrected chi connectivity index (χ1v) is 8.28. The topological polar surface area (TPSA) is 78.9 Å². The van der Waals surface area contributed by atoms with Gasteiger partial charge in [-0.2, -0.15) is 11.8 Å². The summed E-state index contributed by atoms with van der Waals surface area (Å²) < 4.78 is 5.15. The number of carbonyl (C=O) groups is 2. The Kier molecular flexibility index (Phi) is 7.76. The fourth-order valence-electron chi connectivity index (χ4n) is 2.27. The van der Waals surface area contributed by atoms with E-state index in [1.54, 1.807) is 0 Å². The van der Waals surface area contributed by atoms with Crippen molar-refractivity contribution in [2.45, 2.75) is 37.8 Å². The first-order valence-electron chi connectivity index (χ1n) is 6.89. The number of likely N-dealkylation sites (tertiary alicyclic amines) is 1. The van der Waals surface area contributed by atoms with E-state index in [0.29, 0.717) is 19.5 Å². The molecule has 1 rings (SSSR count). The zero-order valence-corrected chi connectivity index (χ0v) is 12.9. The normalized spacial score (nSPS) is 22.0. The minimum absolute atomic E-state index is 0.191. The van der Waals surface area contributed by atoms with Gasteiger partial charge in [0.25, 0.3) is 0 Å². The van der Waals surface area contributed by atoms with Gasteiger partial charge in [-0.3, -0.25) is 0 Å². The van der Waals surface area contributed by atoms with Crippen LogP contribution >= 0.6 is 11.8 Å². The number of hydrogen-bond donors (Lipinski definition) is 2. The minimum atomic E-state index is -0.973. The number of hydrogen-bond acceptors (Lipinski definition) is 4. The number of nitrogens with zero attached hydrogens (tertiary/aromatic N) is 1. The van der Waals surface area contributed by atoms with Crippen molar-refractivity contribution in [3.8, 4) is 0 Å². The zero-order valence-electron chi connectivity index (χ0n) is 12.1. The molecule has 0 saturated carbocycles. The first kappa shape index (κ1) is 17.1. The molecule has 20 heavy (non-hydrogen) atoms. The van der Waals surface area contributed by atoms with Crippen LogP contribution in [0.25, 0.3) is 0 Å². The molecule has 0 aromatic rings. The maximum Gasteiger partial charge on any atom is 0.326 e. The molecule has 0 aliphatic carbocycles. The number of urea groups is 1. The van der Waals surface area contributed by atoms with Crippen molar-refractivity contribution in [2.24, 2.45) is 0 Å². The lowest BCUT2D eigenvalue weighted by Crippen LogP contribution is -2.46. The van der Waals surface area contributed by atoms with Crippen molar-refractivity contribution in [3.63, 3.8) is 0 Å². The Bertz CT molecular complexity index is 327. The van der Waals surface area contributed by atoms with Gasteiger partial charge in [0.15, 0.2) is 0 Å². The van der Waals surface area contributed by atoms with E-state index in [1.807, 2.05) is 11.8 Å². The zero-order chi connectivity index (χ0) is 15.0. The molecular formula is C13H24N2O4S. The third-order valence-electron chi connectivity index (χ3n) is 3.44. The Hall–Kier alpha value is -0.950. The van der Waals surface area contributed by atoms with Crippen LogP contribution in [0.3, 0.4) is 0 Å². The average molecular weight is 304 g/mol. The van der Waals surface area contributed by atoms with E-state index in [2.05, 4.69) is 11.6 Å². The molecule has 6 nitrogen and oxygen atoms in total. The van der Waals surface area contributed by atoms with Crippen molar-refractivity contribution >= 4 is 23.8 Å². The second-order valence-corrected chi connectivity index (χ2v) is 5.87. The molecule has 0 aromatic carbocycles. The van der Waals surface area contributed by atoms with Crippen LogP contribution in [-0.4, -0.2) is 66.4 Å². The van der Waals surface area contributed by atoms with Crippen molar-refractivity contribution in [2.75, 3.05) is 32.2 Å². The number of amides is 2. The number of thioether (sulfide) groups is 1. The molecular weight excluding hydrogens is 280 g/mol. The van der Waals surface area contributed by atoms with E-state index in [-0.39, 0.29) is 12.1 Å². The van der Waals surface area contributed by atoms with Gasteiger partial charge in [-0.05, 0) is 24.9 Å². The van der Waals surface area contributed by atoms with Crippen molar-refractivity contribution in [1.82, 2.24) is 10.2 Å². The highest BCUT2D eigenvalue weighted by atomic mass is 32.2. The van der Waals surface area contributed by atoms with Gasteiger partial charge in [0, 0.05) is 26.6 Å². The van der Waals surface area contributed by atoms with Gasteiger partial charge in [0.1, 0.15) is 6.04 Å². The van der Waals surface area contributed by atoms with Crippen LogP contribution in [-0.2, 0) is 9.53 Å². The van der Waals surface area contributed by atoms with Gasteiger partial charge in [-0.1, -0.05) is 6.42 Å². The summed E-state index contributed by atoms with van der Waals surface area (Å²) in [4.78, 5) is 24.5. The molecule has 2 N–H and O–H groups in total. The third kappa shape index (κ3) is 5.20. The number of methoxy groups -OCH3 is 1. The third-order valence-corrected chi connectivity index (χ3v) is 4.14. The number of nitrogens with one attached hydrogen (secondary N) is 1. The summed E-state index contributed by atoms with van der Waals surface area (Å²) in [5.41, 5.74) is 0. The lowest BCUT2D eigenvalue weighted by atomic mass is 10.2. The van der Waals surface area contributed by atoms with Crippen molar-refractivity contribution in [1.29, 1.82) is 0 Å². The van der Waals surface area contributed by atoms with Crippen LogP contribution in [0.15, 0.2) is 0 Å². The Labute approximate surface area is 124 Å². The van der Waals surface area contributed by atoms with Gasteiger partial charge in [0.05, 0.1) is 6.10 Å². The predicted octanol–water partition coefficient (Wildman–Crippen LogP) is 1.40. The monoisotopic (exact) mass is 304 g/mol. The first-order chi connectivity index (χ1) is 9.60. The van der Waals surface area contributed by atoms with Gasteiger partial charge in [-0.25, -0.2) is 9.59 Å².